The highest BCUT2D eigenvalue weighted by Gasteiger charge is 2.36. The molecule has 94 heavy (non-hydrogen) atoms. The molecule has 19 rings (SSSR count). The molecule has 0 spiro atoms. The SMILES string of the molecule is CC1(C)c2ccccc2-c2ccc(-c3ccc4cc(-c5cccc(-c6cc7ccccc7c7c6ccc6ccccc67)c5)ccc4c3)cc21.CC1(C)c2ccccc2-c2ccc(-c3ccc4cc(-c5cccc(-c6cc7ccccc7c7ccccc67)c5)ccc4c3)cc21. The molecule has 2 aliphatic carbocycles. The van der Waals surface area contributed by atoms with E-state index in [2.05, 4.69) is 355 Å². The van der Waals surface area contributed by atoms with Crippen LogP contribution in [0.2, 0.25) is 0 Å². The fraction of sp³-hybridized carbons (Fsp3) is 0.0638. The Bertz CT molecular complexity index is 5970. The predicted octanol–water partition coefficient (Wildman–Crippen LogP) is 26.1. The van der Waals surface area contributed by atoms with Gasteiger partial charge in [0.1, 0.15) is 0 Å². The molecule has 0 heteroatoms. The van der Waals surface area contributed by atoms with E-state index in [-0.39, 0.29) is 10.8 Å². The molecule has 0 saturated heterocycles. The molecule has 0 heterocycles. The zero-order valence-electron chi connectivity index (χ0n) is 53.2. The normalized spacial score (nSPS) is 13.3. The van der Waals surface area contributed by atoms with E-state index in [1.54, 1.807) is 0 Å². The first-order valence-electron chi connectivity index (χ1n) is 33.1. The van der Waals surface area contributed by atoms with Gasteiger partial charge in [-0.05, 0) is 247 Å². The number of hydrogen-bond acceptors (Lipinski definition) is 0. The third-order valence-electron chi connectivity index (χ3n) is 21.0. The van der Waals surface area contributed by atoms with Gasteiger partial charge in [0.05, 0.1) is 0 Å². The topological polar surface area (TPSA) is 0 Å². The van der Waals surface area contributed by atoms with Crippen molar-refractivity contribution in [3.8, 4) is 89.0 Å². The molecule has 0 aromatic heterocycles. The molecule has 0 bridgehead atoms. The minimum absolute atomic E-state index is 0.00135. The maximum absolute atomic E-state index is 2.41. The van der Waals surface area contributed by atoms with E-state index < -0.39 is 0 Å². The minimum Gasteiger partial charge on any atom is -0.0619 e. The predicted molar refractivity (Wildman–Crippen MR) is 403 cm³/mol. The average molecular weight is 1200 g/mol. The Morgan fingerprint density at radius 3 is 0.989 bits per heavy atom. The molecule has 442 valence electrons. The van der Waals surface area contributed by atoms with E-state index in [1.807, 2.05) is 0 Å². The van der Waals surface area contributed by atoms with Gasteiger partial charge in [0, 0.05) is 10.8 Å². The van der Waals surface area contributed by atoms with E-state index in [1.165, 1.54) is 187 Å². The summed E-state index contributed by atoms with van der Waals surface area (Å²) in [6, 6.07) is 122. The Morgan fingerprint density at radius 2 is 0.489 bits per heavy atom. The summed E-state index contributed by atoms with van der Waals surface area (Å²) in [6.45, 7) is 9.40. The van der Waals surface area contributed by atoms with Crippen molar-refractivity contribution in [1.82, 2.24) is 0 Å². The standard InChI is InChI=1S/C49H34.C45H32/c1-49(2)46-17-8-7-16-42(46)43-24-23-37(30-47(43)49)36-21-20-34-26-33(18-19-35(34)27-36)32-12-9-13-38(28-32)45-29-39-11-4-6-15-41(39)48-40-14-5-3-10-31(40)22-25-44(45)48;1-45(2)43-17-8-7-16-40(43)41-23-22-34(28-44(41)45)33-21-20-31-24-30(18-19-32(31)25-33)29-11-9-12-35(26-29)42-27-36-10-3-4-13-37(36)38-14-5-6-15-39(38)42/h3-30H,1-2H3;3-28H,1-2H3. The second-order valence-corrected chi connectivity index (χ2v) is 27.1. The van der Waals surface area contributed by atoms with Gasteiger partial charge in [-0.1, -0.05) is 295 Å². The lowest BCUT2D eigenvalue weighted by molar-refractivity contribution is 0.660. The Balaban J connectivity index is 0.000000138. The molecule has 0 N–H and O–H groups in total. The van der Waals surface area contributed by atoms with Crippen molar-refractivity contribution in [2.45, 2.75) is 38.5 Å². The van der Waals surface area contributed by atoms with Gasteiger partial charge < -0.3 is 0 Å². The summed E-state index contributed by atoms with van der Waals surface area (Å²) in [7, 11) is 0. The van der Waals surface area contributed by atoms with Crippen LogP contribution in [-0.2, 0) is 10.8 Å². The quantitative estimate of drug-likeness (QED) is 0.146. The lowest BCUT2D eigenvalue weighted by Gasteiger charge is -2.22. The van der Waals surface area contributed by atoms with Crippen molar-refractivity contribution >= 4 is 75.4 Å². The largest absolute Gasteiger partial charge is 0.0619 e. The van der Waals surface area contributed by atoms with E-state index in [4.69, 9.17) is 0 Å². The lowest BCUT2D eigenvalue weighted by atomic mass is 9.81. The van der Waals surface area contributed by atoms with Crippen LogP contribution in [0.3, 0.4) is 0 Å². The zero-order chi connectivity index (χ0) is 62.8. The first-order valence-corrected chi connectivity index (χ1v) is 33.1. The van der Waals surface area contributed by atoms with Crippen LogP contribution < -0.4 is 0 Å². The van der Waals surface area contributed by atoms with Gasteiger partial charge in [0.25, 0.3) is 0 Å². The first kappa shape index (κ1) is 55.4. The van der Waals surface area contributed by atoms with Crippen molar-refractivity contribution < 1.29 is 0 Å². The van der Waals surface area contributed by atoms with Crippen LogP contribution in [0.15, 0.2) is 328 Å². The third-order valence-corrected chi connectivity index (χ3v) is 21.0. The fourth-order valence-electron chi connectivity index (χ4n) is 16.1. The molecule has 17 aromatic carbocycles. The van der Waals surface area contributed by atoms with Gasteiger partial charge in [-0.3, -0.25) is 0 Å². The molecule has 17 aromatic rings. The van der Waals surface area contributed by atoms with Crippen LogP contribution >= 0.6 is 0 Å². The average Bonchev–Trinajstić information content (AvgIpc) is 1.28. The smallest absolute Gasteiger partial charge is 0.0159 e. The molecule has 0 saturated carbocycles. The van der Waals surface area contributed by atoms with Gasteiger partial charge in [-0.15, -0.1) is 0 Å². The van der Waals surface area contributed by atoms with Crippen LogP contribution in [0.5, 0.6) is 0 Å². The van der Waals surface area contributed by atoms with E-state index in [0.717, 1.165) is 0 Å². The summed E-state index contributed by atoms with van der Waals surface area (Å²) in [4.78, 5) is 0. The summed E-state index contributed by atoms with van der Waals surface area (Å²) in [6.07, 6.45) is 0. The summed E-state index contributed by atoms with van der Waals surface area (Å²) >= 11 is 0. The van der Waals surface area contributed by atoms with Crippen LogP contribution in [0.25, 0.3) is 164 Å². The van der Waals surface area contributed by atoms with Gasteiger partial charge >= 0.3 is 0 Å². The summed E-state index contributed by atoms with van der Waals surface area (Å²) in [5.41, 5.74) is 26.1. The van der Waals surface area contributed by atoms with Crippen LogP contribution in [0, 0.1) is 0 Å². The minimum atomic E-state index is -0.00481. The van der Waals surface area contributed by atoms with Crippen molar-refractivity contribution in [2.75, 3.05) is 0 Å². The van der Waals surface area contributed by atoms with Gasteiger partial charge in [-0.2, -0.15) is 0 Å². The van der Waals surface area contributed by atoms with Crippen LogP contribution in [0.4, 0.5) is 0 Å². The molecule has 0 amide bonds. The van der Waals surface area contributed by atoms with E-state index in [9.17, 15) is 0 Å². The summed E-state index contributed by atoms with van der Waals surface area (Å²) in [5, 5.41) is 18.0. The van der Waals surface area contributed by atoms with Crippen molar-refractivity contribution in [2.24, 2.45) is 0 Å². The number of benzene rings is 17. The number of hydrogen-bond donors (Lipinski definition) is 0. The highest BCUT2D eigenvalue weighted by Crippen LogP contribution is 2.52. The fourth-order valence-corrected chi connectivity index (χ4v) is 16.1. The Hall–Kier alpha value is -11.4. The monoisotopic (exact) mass is 1190 g/mol. The molecular weight excluding hydrogens is 1130 g/mol. The van der Waals surface area contributed by atoms with Crippen molar-refractivity contribution in [1.29, 1.82) is 0 Å². The lowest BCUT2D eigenvalue weighted by Crippen LogP contribution is -2.14. The first-order chi connectivity index (χ1) is 46.1. The molecule has 2 aliphatic rings. The van der Waals surface area contributed by atoms with E-state index >= 15 is 0 Å². The van der Waals surface area contributed by atoms with Crippen molar-refractivity contribution in [3.63, 3.8) is 0 Å². The van der Waals surface area contributed by atoms with Gasteiger partial charge in [0.2, 0.25) is 0 Å². The molecule has 0 fully saturated rings. The van der Waals surface area contributed by atoms with Crippen molar-refractivity contribution in [3.05, 3.63) is 350 Å². The highest BCUT2D eigenvalue weighted by molar-refractivity contribution is 6.24. The molecule has 0 nitrogen and oxygen atoms in total. The Kier molecular flexibility index (Phi) is 12.7. The van der Waals surface area contributed by atoms with Gasteiger partial charge in [-0.25, -0.2) is 0 Å². The summed E-state index contributed by atoms with van der Waals surface area (Å²) in [5.74, 6) is 0. The zero-order valence-corrected chi connectivity index (χ0v) is 53.2. The Morgan fingerprint density at radius 1 is 0.160 bits per heavy atom. The highest BCUT2D eigenvalue weighted by atomic mass is 14.4. The number of rotatable bonds is 6. The molecule has 0 atom stereocenters. The molecule has 0 aliphatic heterocycles. The van der Waals surface area contributed by atoms with Crippen LogP contribution in [0.1, 0.15) is 49.9 Å². The van der Waals surface area contributed by atoms with Gasteiger partial charge in [0.15, 0.2) is 0 Å². The molecule has 0 unspecified atom stereocenters. The van der Waals surface area contributed by atoms with E-state index in [0.29, 0.717) is 0 Å². The second-order valence-electron chi connectivity index (χ2n) is 27.1. The Labute approximate surface area is 549 Å². The maximum Gasteiger partial charge on any atom is 0.0159 e. The maximum atomic E-state index is 2.41. The third kappa shape index (κ3) is 9.04. The molecule has 0 radical (unpaired) electrons. The summed E-state index contributed by atoms with van der Waals surface area (Å²) < 4.78 is 0. The second kappa shape index (κ2) is 21.6. The number of fused-ring (bicyclic) bond motifs is 16. The molecular formula is C94H66. The van der Waals surface area contributed by atoms with Crippen LogP contribution in [-0.4, -0.2) is 0 Å².